The second-order valence-electron chi connectivity index (χ2n) is 2.40. The number of nitrogens with two attached hydrogens (primary N) is 1. The maximum atomic E-state index is 13.1. The number of carbonyl (C=O) groups is 1. The molecule has 68 valence electrons. The van der Waals surface area contributed by atoms with Crippen LogP contribution in [0.4, 0.5) is 4.39 Å². The minimum absolute atomic E-state index is 0.357. The molecule has 0 aliphatic carbocycles. The fraction of sp³-hybridized carbons (Fsp3) is 0. The Kier molecular flexibility index (Phi) is 3.41. The van der Waals surface area contributed by atoms with Gasteiger partial charge in [0.1, 0.15) is 5.82 Å². The lowest BCUT2D eigenvalue weighted by molar-refractivity contribution is -0.113. The Labute approximate surface area is 88.8 Å². The summed E-state index contributed by atoms with van der Waals surface area (Å²) in [5.41, 5.74) is 5.23. The smallest absolute Gasteiger partial charge is 0.241 e. The van der Waals surface area contributed by atoms with Crippen LogP contribution in [0.1, 0.15) is 5.56 Å². The van der Waals surface area contributed by atoms with Gasteiger partial charge in [-0.15, -0.1) is 0 Å². The quantitative estimate of drug-likeness (QED) is 0.656. The molecular weight excluding hydrogens is 284 g/mol. The standard InChI is InChI=1S/C9H7FINO/c10-8-5-7(11)3-1-6(8)2-4-9(12)13/h1-5H,(H2,12,13). The van der Waals surface area contributed by atoms with E-state index in [2.05, 4.69) is 0 Å². The van der Waals surface area contributed by atoms with E-state index in [1.807, 2.05) is 22.6 Å². The number of rotatable bonds is 2. The van der Waals surface area contributed by atoms with Crippen molar-refractivity contribution in [3.8, 4) is 0 Å². The molecule has 0 fully saturated rings. The Morgan fingerprint density at radius 1 is 1.54 bits per heavy atom. The molecule has 0 aliphatic rings. The van der Waals surface area contributed by atoms with Gasteiger partial charge in [0.15, 0.2) is 0 Å². The minimum Gasteiger partial charge on any atom is -0.366 e. The zero-order chi connectivity index (χ0) is 9.84. The molecule has 0 atom stereocenters. The summed E-state index contributed by atoms with van der Waals surface area (Å²) in [4.78, 5) is 10.4. The summed E-state index contributed by atoms with van der Waals surface area (Å²) in [6.07, 6.45) is 2.49. The molecule has 1 aromatic rings. The summed E-state index contributed by atoms with van der Waals surface area (Å²) in [5.74, 6) is -0.942. The Hall–Kier alpha value is -0.910. The van der Waals surface area contributed by atoms with Crippen LogP contribution in [0, 0.1) is 9.39 Å². The zero-order valence-corrected chi connectivity index (χ0v) is 8.79. The van der Waals surface area contributed by atoms with E-state index < -0.39 is 5.91 Å². The molecule has 0 spiro atoms. The first-order valence-electron chi connectivity index (χ1n) is 3.52. The predicted molar refractivity (Wildman–Crippen MR) is 57.3 cm³/mol. The molecule has 0 aliphatic heterocycles. The van der Waals surface area contributed by atoms with Gasteiger partial charge in [0.25, 0.3) is 0 Å². The van der Waals surface area contributed by atoms with Gasteiger partial charge in [-0.2, -0.15) is 0 Å². The van der Waals surface area contributed by atoms with Crippen LogP contribution >= 0.6 is 22.6 Å². The van der Waals surface area contributed by atoms with E-state index in [-0.39, 0.29) is 5.82 Å². The molecule has 1 rings (SSSR count). The van der Waals surface area contributed by atoms with E-state index in [0.29, 0.717) is 5.56 Å². The Morgan fingerprint density at radius 2 is 2.23 bits per heavy atom. The van der Waals surface area contributed by atoms with Crippen molar-refractivity contribution in [3.63, 3.8) is 0 Å². The third-order valence-corrected chi connectivity index (χ3v) is 2.06. The number of halogens is 2. The van der Waals surface area contributed by atoms with Gasteiger partial charge in [-0.25, -0.2) is 4.39 Å². The summed E-state index contributed by atoms with van der Waals surface area (Å²) < 4.78 is 13.9. The van der Waals surface area contributed by atoms with Crippen LogP contribution in [0.3, 0.4) is 0 Å². The first-order valence-corrected chi connectivity index (χ1v) is 4.60. The van der Waals surface area contributed by atoms with E-state index in [9.17, 15) is 9.18 Å². The van der Waals surface area contributed by atoms with E-state index in [0.717, 1.165) is 9.65 Å². The molecule has 0 aromatic heterocycles. The highest BCUT2D eigenvalue weighted by molar-refractivity contribution is 14.1. The summed E-state index contributed by atoms with van der Waals surface area (Å²) >= 11 is 2.01. The second kappa shape index (κ2) is 4.36. The van der Waals surface area contributed by atoms with Gasteiger partial charge < -0.3 is 5.73 Å². The number of hydrogen-bond donors (Lipinski definition) is 1. The van der Waals surface area contributed by atoms with Crippen molar-refractivity contribution < 1.29 is 9.18 Å². The first kappa shape index (κ1) is 10.2. The van der Waals surface area contributed by atoms with Gasteiger partial charge in [0.2, 0.25) is 5.91 Å². The average molecular weight is 291 g/mol. The van der Waals surface area contributed by atoms with Gasteiger partial charge in [-0.05, 0) is 40.8 Å². The lowest BCUT2D eigenvalue weighted by atomic mass is 10.2. The van der Waals surface area contributed by atoms with E-state index in [4.69, 9.17) is 5.73 Å². The largest absolute Gasteiger partial charge is 0.366 e. The summed E-state index contributed by atoms with van der Waals surface area (Å²) in [6.45, 7) is 0. The van der Waals surface area contributed by atoms with Crippen molar-refractivity contribution in [2.75, 3.05) is 0 Å². The average Bonchev–Trinajstić information content (AvgIpc) is 2.02. The predicted octanol–water partition coefficient (Wildman–Crippen LogP) is 1.93. The van der Waals surface area contributed by atoms with Crippen molar-refractivity contribution in [1.29, 1.82) is 0 Å². The van der Waals surface area contributed by atoms with Crippen LogP contribution in [-0.2, 0) is 4.79 Å². The molecule has 2 nitrogen and oxygen atoms in total. The molecule has 0 bridgehead atoms. The number of carbonyl (C=O) groups excluding carboxylic acids is 1. The Morgan fingerprint density at radius 3 is 2.77 bits per heavy atom. The van der Waals surface area contributed by atoms with Crippen molar-refractivity contribution in [1.82, 2.24) is 0 Å². The third-order valence-electron chi connectivity index (χ3n) is 1.39. The lowest BCUT2D eigenvalue weighted by Gasteiger charge is -1.96. The summed E-state index contributed by atoms with van der Waals surface area (Å²) in [7, 11) is 0. The lowest BCUT2D eigenvalue weighted by Crippen LogP contribution is -2.05. The molecule has 0 saturated carbocycles. The molecule has 0 unspecified atom stereocenters. The second-order valence-corrected chi connectivity index (χ2v) is 3.65. The van der Waals surface area contributed by atoms with Gasteiger partial charge in [0, 0.05) is 15.2 Å². The van der Waals surface area contributed by atoms with Gasteiger partial charge >= 0.3 is 0 Å². The number of hydrogen-bond acceptors (Lipinski definition) is 1. The van der Waals surface area contributed by atoms with Crippen LogP contribution in [0.5, 0.6) is 0 Å². The molecule has 1 amide bonds. The molecular formula is C9H7FINO. The topological polar surface area (TPSA) is 43.1 Å². The molecule has 13 heavy (non-hydrogen) atoms. The van der Waals surface area contributed by atoms with E-state index in [1.54, 1.807) is 12.1 Å². The van der Waals surface area contributed by atoms with Gasteiger partial charge in [0.05, 0.1) is 0 Å². The first-order chi connectivity index (χ1) is 6.09. The van der Waals surface area contributed by atoms with Crippen LogP contribution in [0.25, 0.3) is 6.08 Å². The third kappa shape index (κ3) is 3.14. The van der Waals surface area contributed by atoms with Crippen molar-refractivity contribution in [3.05, 3.63) is 39.2 Å². The zero-order valence-electron chi connectivity index (χ0n) is 6.63. The molecule has 0 saturated heterocycles. The van der Waals surface area contributed by atoms with Crippen molar-refractivity contribution >= 4 is 34.6 Å². The van der Waals surface area contributed by atoms with E-state index >= 15 is 0 Å². The maximum Gasteiger partial charge on any atom is 0.241 e. The normalized spacial score (nSPS) is 10.6. The minimum atomic E-state index is -0.585. The highest BCUT2D eigenvalue weighted by Gasteiger charge is 1.98. The summed E-state index contributed by atoms with van der Waals surface area (Å²) in [6, 6.07) is 4.74. The van der Waals surface area contributed by atoms with Crippen LogP contribution < -0.4 is 5.73 Å². The van der Waals surface area contributed by atoms with Crippen LogP contribution in [-0.4, -0.2) is 5.91 Å². The summed E-state index contributed by atoms with van der Waals surface area (Å²) in [5, 5.41) is 0. The number of primary amides is 1. The molecule has 4 heteroatoms. The fourth-order valence-corrected chi connectivity index (χ4v) is 1.26. The SMILES string of the molecule is NC(=O)C=Cc1ccc(I)cc1F. The van der Waals surface area contributed by atoms with Gasteiger partial charge in [-0.3, -0.25) is 4.79 Å². The van der Waals surface area contributed by atoms with Crippen LogP contribution in [0.2, 0.25) is 0 Å². The maximum absolute atomic E-state index is 13.1. The highest BCUT2D eigenvalue weighted by Crippen LogP contribution is 2.13. The number of benzene rings is 1. The fourth-order valence-electron chi connectivity index (χ4n) is 0.809. The van der Waals surface area contributed by atoms with Crippen LogP contribution in [0.15, 0.2) is 24.3 Å². The van der Waals surface area contributed by atoms with Crippen molar-refractivity contribution in [2.45, 2.75) is 0 Å². The molecule has 1 aromatic carbocycles. The molecule has 0 heterocycles. The monoisotopic (exact) mass is 291 g/mol. The Balaban J connectivity index is 2.96. The van der Waals surface area contributed by atoms with Crippen molar-refractivity contribution in [2.24, 2.45) is 5.73 Å². The van der Waals surface area contributed by atoms with Gasteiger partial charge in [-0.1, -0.05) is 6.07 Å². The Bertz CT molecular complexity index is 363. The molecule has 2 N–H and O–H groups in total. The molecule has 0 radical (unpaired) electrons. The van der Waals surface area contributed by atoms with E-state index in [1.165, 1.54) is 12.1 Å². The highest BCUT2D eigenvalue weighted by atomic mass is 127. The number of amides is 1.